The van der Waals surface area contributed by atoms with Gasteiger partial charge in [0.25, 0.3) is 5.91 Å². The van der Waals surface area contributed by atoms with Gasteiger partial charge in [-0.05, 0) is 25.5 Å². The number of nitrogens with zero attached hydrogens (tertiary/aromatic N) is 1. The van der Waals surface area contributed by atoms with Crippen molar-refractivity contribution in [2.75, 3.05) is 6.54 Å². The lowest BCUT2D eigenvalue weighted by Gasteiger charge is -2.27. The van der Waals surface area contributed by atoms with Gasteiger partial charge in [0, 0.05) is 6.54 Å². The van der Waals surface area contributed by atoms with Crippen molar-refractivity contribution >= 4 is 5.91 Å². The van der Waals surface area contributed by atoms with Crippen LogP contribution >= 0.6 is 0 Å². The standard InChI is InChI=1S/C13H21N3O/c1-3-9-16(11(2)13(17)15-14)10-12-7-5-4-6-8-12/h4-8,11H,3,9-10,14H2,1-2H3,(H,15,17). The highest BCUT2D eigenvalue weighted by Gasteiger charge is 2.19. The number of amides is 1. The molecule has 0 aliphatic rings. The molecule has 0 fully saturated rings. The summed E-state index contributed by atoms with van der Waals surface area (Å²) < 4.78 is 0. The summed E-state index contributed by atoms with van der Waals surface area (Å²) in [5, 5.41) is 0. The second kappa shape index (κ2) is 7.04. The van der Waals surface area contributed by atoms with Crippen molar-refractivity contribution in [3.63, 3.8) is 0 Å². The summed E-state index contributed by atoms with van der Waals surface area (Å²) in [6, 6.07) is 9.93. The van der Waals surface area contributed by atoms with E-state index in [2.05, 4.69) is 29.4 Å². The molecule has 0 bridgehead atoms. The van der Waals surface area contributed by atoms with E-state index < -0.39 is 0 Å². The lowest BCUT2D eigenvalue weighted by Crippen LogP contribution is -2.47. The fourth-order valence-electron chi connectivity index (χ4n) is 1.80. The van der Waals surface area contributed by atoms with Crippen LogP contribution in [0, 0.1) is 0 Å². The number of hydrazine groups is 1. The zero-order valence-electron chi connectivity index (χ0n) is 10.5. The first kappa shape index (κ1) is 13.7. The second-order valence-electron chi connectivity index (χ2n) is 4.14. The quantitative estimate of drug-likeness (QED) is 0.443. The van der Waals surface area contributed by atoms with Crippen molar-refractivity contribution in [2.24, 2.45) is 5.84 Å². The fraction of sp³-hybridized carbons (Fsp3) is 0.462. The topological polar surface area (TPSA) is 58.4 Å². The Kier molecular flexibility index (Phi) is 5.66. The number of benzene rings is 1. The van der Waals surface area contributed by atoms with E-state index >= 15 is 0 Å². The highest BCUT2D eigenvalue weighted by molar-refractivity contribution is 5.80. The minimum Gasteiger partial charge on any atom is -0.293 e. The normalized spacial score (nSPS) is 12.5. The summed E-state index contributed by atoms with van der Waals surface area (Å²) >= 11 is 0. The van der Waals surface area contributed by atoms with E-state index in [0.29, 0.717) is 0 Å². The Morgan fingerprint density at radius 2 is 2.06 bits per heavy atom. The van der Waals surface area contributed by atoms with Crippen molar-refractivity contribution in [1.82, 2.24) is 10.3 Å². The van der Waals surface area contributed by atoms with Crippen LogP contribution in [0.25, 0.3) is 0 Å². The molecule has 94 valence electrons. The Labute approximate surface area is 103 Å². The number of nitrogens with two attached hydrogens (primary N) is 1. The highest BCUT2D eigenvalue weighted by atomic mass is 16.2. The van der Waals surface area contributed by atoms with Gasteiger partial charge in [0.1, 0.15) is 0 Å². The van der Waals surface area contributed by atoms with Gasteiger partial charge in [0.2, 0.25) is 0 Å². The van der Waals surface area contributed by atoms with Gasteiger partial charge in [-0.15, -0.1) is 0 Å². The zero-order valence-corrected chi connectivity index (χ0v) is 10.5. The van der Waals surface area contributed by atoms with Crippen molar-refractivity contribution < 1.29 is 4.79 Å². The van der Waals surface area contributed by atoms with E-state index in [4.69, 9.17) is 5.84 Å². The highest BCUT2D eigenvalue weighted by Crippen LogP contribution is 2.09. The van der Waals surface area contributed by atoms with Crippen LogP contribution in [-0.4, -0.2) is 23.4 Å². The summed E-state index contributed by atoms with van der Waals surface area (Å²) in [7, 11) is 0. The summed E-state index contributed by atoms with van der Waals surface area (Å²) in [5.74, 6) is 5.03. The van der Waals surface area contributed by atoms with E-state index in [0.717, 1.165) is 19.5 Å². The minimum absolute atomic E-state index is 0.144. The first-order valence-corrected chi connectivity index (χ1v) is 5.97. The van der Waals surface area contributed by atoms with Gasteiger partial charge in [-0.2, -0.15) is 0 Å². The number of hydrogen-bond acceptors (Lipinski definition) is 3. The summed E-state index contributed by atoms with van der Waals surface area (Å²) in [4.78, 5) is 13.7. The van der Waals surface area contributed by atoms with E-state index in [1.807, 2.05) is 25.1 Å². The van der Waals surface area contributed by atoms with Crippen molar-refractivity contribution in [1.29, 1.82) is 0 Å². The van der Waals surface area contributed by atoms with Crippen molar-refractivity contribution in [2.45, 2.75) is 32.9 Å². The van der Waals surface area contributed by atoms with Crippen molar-refractivity contribution in [3.8, 4) is 0 Å². The Hall–Kier alpha value is -1.39. The molecule has 0 saturated heterocycles. The maximum Gasteiger partial charge on any atom is 0.250 e. The largest absolute Gasteiger partial charge is 0.293 e. The lowest BCUT2D eigenvalue weighted by molar-refractivity contribution is -0.126. The number of carbonyl (C=O) groups is 1. The van der Waals surface area contributed by atoms with Crippen LogP contribution in [-0.2, 0) is 11.3 Å². The van der Waals surface area contributed by atoms with Crippen LogP contribution in [0.15, 0.2) is 30.3 Å². The third kappa shape index (κ3) is 4.17. The Bertz CT molecular complexity index is 340. The average molecular weight is 235 g/mol. The molecule has 0 spiro atoms. The number of rotatable bonds is 6. The molecule has 1 amide bonds. The third-order valence-corrected chi connectivity index (χ3v) is 2.81. The Balaban J connectivity index is 2.69. The number of nitrogens with one attached hydrogen (secondary N) is 1. The van der Waals surface area contributed by atoms with E-state index in [9.17, 15) is 4.79 Å². The van der Waals surface area contributed by atoms with Gasteiger partial charge in [-0.25, -0.2) is 5.84 Å². The van der Waals surface area contributed by atoms with Gasteiger partial charge in [-0.3, -0.25) is 15.1 Å². The molecule has 1 unspecified atom stereocenters. The lowest BCUT2D eigenvalue weighted by atomic mass is 10.1. The van der Waals surface area contributed by atoms with E-state index in [1.54, 1.807) is 0 Å². The van der Waals surface area contributed by atoms with Crippen molar-refractivity contribution in [3.05, 3.63) is 35.9 Å². The predicted octanol–water partition coefficient (Wildman–Crippen LogP) is 1.28. The van der Waals surface area contributed by atoms with Crippen LogP contribution in [0.2, 0.25) is 0 Å². The molecule has 1 rings (SSSR count). The average Bonchev–Trinajstić information content (AvgIpc) is 2.37. The maximum atomic E-state index is 11.5. The Morgan fingerprint density at radius 1 is 1.41 bits per heavy atom. The molecule has 3 N–H and O–H groups in total. The molecule has 1 aromatic carbocycles. The molecule has 0 radical (unpaired) electrons. The van der Waals surface area contributed by atoms with Crippen LogP contribution in [0.1, 0.15) is 25.8 Å². The maximum absolute atomic E-state index is 11.5. The summed E-state index contributed by atoms with van der Waals surface area (Å²) in [6.45, 7) is 5.62. The molecule has 0 heterocycles. The second-order valence-corrected chi connectivity index (χ2v) is 4.14. The molecule has 0 aliphatic carbocycles. The van der Waals surface area contributed by atoms with Crippen LogP contribution < -0.4 is 11.3 Å². The molecule has 0 aliphatic heterocycles. The van der Waals surface area contributed by atoms with Gasteiger partial charge in [0.15, 0.2) is 0 Å². The van der Waals surface area contributed by atoms with Gasteiger partial charge in [0.05, 0.1) is 6.04 Å². The molecule has 4 nitrogen and oxygen atoms in total. The third-order valence-electron chi connectivity index (χ3n) is 2.81. The summed E-state index contributed by atoms with van der Waals surface area (Å²) in [5.41, 5.74) is 3.41. The Morgan fingerprint density at radius 3 is 2.59 bits per heavy atom. The minimum atomic E-state index is -0.208. The van der Waals surface area contributed by atoms with Gasteiger partial charge >= 0.3 is 0 Å². The smallest absolute Gasteiger partial charge is 0.250 e. The number of carbonyl (C=O) groups excluding carboxylic acids is 1. The van der Waals surface area contributed by atoms with Gasteiger partial charge < -0.3 is 0 Å². The first-order valence-electron chi connectivity index (χ1n) is 5.97. The number of hydrogen-bond donors (Lipinski definition) is 2. The monoisotopic (exact) mass is 235 g/mol. The van der Waals surface area contributed by atoms with Gasteiger partial charge in [-0.1, -0.05) is 37.3 Å². The fourth-order valence-corrected chi connectivity index (χ4v) is 1.80. The zero-order chi connectivity index (χ0) is 12.7. The molecular formula is C13H21N3O. The molecule has 1 atom stereocenters. The predicted molar refractivity (Wildman–Crippen MR) is 68.9 cm³/mol. The molecule has 17 heavy (non-hydrogen) atoms. The van der Waals surface area contributed by atoms with Crippen LogP contribution in [0.3, 0.4) is 0 Å². The molecule has 0 saturated carbocycles. The molecule has 0 aromatic heterocycles. The van der Waals surface area contributed by atoms with E-state index in [1.165, 1.54) is 5.56 Å². The first-order chi connectivity index (χ1) is 8.19. The molecule has 4 heteroatoms. The van der Waals surface area contributed by atoms with Crippen LogP contribution in [0.4, 0.5) is 0 Å². The molecular weight excluding hydrogens is 214 g/mol. The molecule has 1 aromatic rings. The van der Waals surface area contributed by atoms with Crippen LogP contribution in [0.5, 0.6) is 0 Å². The SMILES string of the molecule is CCCN(Cc1ccccc1)C(C)C(=O)NN. The summed E-state index contributed by atoms with van der Waals surface area (Å²) in [6.07, 6.45) is 1.01. The van der Waals surface area contributed by atoms with E-state index in [-0.39, 0.29) is 11.9 Å².